The average molecular weight is 370 g/mol. The molecule has 2 atom stereocenters. The Labute approximate surface area is 157 Å². The fourth-order valence-corrected chi connectivity index (χ4v) is 3.91. The standard InChI is InChI=1S/C20H22N2O5/c1-20-11-14(13-7-5-6-8-15(13)27-20)21-19(23)22(20)12-9-16(24-2)18(26-4)17(10-12)25-3/h5-10,14H,11H2,1-4H3,(H,21,23)/t14-,20+/m0/s1. The van der Waals surface area contributed by atoms with Crippen LogP contribution in [0.5, 0.6) is 23.0 Å². The van der Waals surface area contributed by atoms with E-state index in [1.807, 2.05) is 31.2 Å². The number of carbonyl (C=O) groups excluding carboxylic acids is 1. The lowest BCUT2D eigenvalue weighted by atomic mass is 9.90. The van der Waals surface area contributed by atoms with E-state index in [9.17, 15) is 4.79 Å². The van der Waals surface area contributed by atoms with E-state index < -0.39 is 5.72 Å². The van der Waals surface area contributed by atoms with Crippen molar-refractivity contribution in [2.75, 3.05) is 26.2 Å². The second-order valence-corrected chi connectivity index (χ2v) is 6.74. The van der Waals surface area contributed by atoms with Crippen molar-refractivity contribution in [3.8, 4) is 23.0 Å². The quantitative estimate of drug-likeness (QED) is 0.892. The highest BCUT2D eigenvalue weighted by Gasteiger charge is 2.50. The highest BCUT2D eigenvalue weighted by Crippen LogP contribution is 2.48. The summed E-state index contributed by atoms with van der Waals surface area (Å²) in [7, 11) is 4.63. The fraction of sp³-hybridized carbons (Fsp3) is 0.350. The van der Waals surface area contributed by atoms with E-state index >= 15 is 0 Å². The van der Waals surface area contributed by atoms with E-state index in [0.29, 0.717) is 29.4 Å². The molecule has 0 spiro atoms. The third-order valence-electron chi connectivity index (χ3n) is 5.09. The van der Waals surface area contributed by atoms with Gasteiger partial charge in [-0.05, 0) is 13.0 Å². The molecule has 0 aliphatic carbocycles. The van der Waals surface area contributed by atoms with Gasteiger partial charge in [0.15, 0.2) is 17.2 Å². The van der Waals surface area contributed by atoms with Crippen molar-refractivity contribution in [3.05, 3.63) is 42.0 Å². The third kappa shape index (κ3) is 2.61. The molecule has 0 unspecified atom stereocenters. The number of anilines is 1. The van der Waals surface area contributed by atoms with Crippen molar-refractivity contribution in [3.63, 3.8) is 0 Å². The summed E-state index contributed by atoms with van der Waals surface area (Å²) in [5.41, 5.74) is 0.751. The largest absolute Gasteiger partial charge is 0.493 e. The van der Waals surface area contributed by atoms with Gasteiger partial charge in [-0.3, -0.25) is 4.90 Å². The van der Waals surface area contributed by atoms with Crippen molar-refractivity contribution in [1.29, 1.82) is 0 Å². The summed E-state index contributed by atoms with van der Waals surface area (Å²) >= 11 is 0. The predicted octanol–water partition coefficient (Wildman–Crippen LogP) is 3.48. The number of para-hydroxylation sites is 1. The minimum absolute atomic E-state index is 0.0919. The van der Waals surface area contributed by atoms with Gasteiger partial charge in [0.25, 0.3) is 0 Å². The molecule has 2 aromatic rings. The number of carbonyl (C=O) groups is 1. The first-order valence-electron chi connectivity index (χ1n) is 8.69. The first kappa shape index (κ1) is 17.3. The number of benzene rings is 2. The van der Waals surface area contributed by atoms with Gasteiger partial charge in [-0.2, -0.15) is 0 Å². The van der Waals surface area contributed by atoms with Crippen molar-refractivity contribution in [1.82, 2.24) is 5.32 Å². The Morgan fingerprint density at radius 2 is 1.78 bits per heavy atom. The Morgan fingerprint density at radius 1 is 1.11 bits per heavy atom. The number of ether oxygens (including phenoxy) is 4. The molecule has 2 amide bonds. The molecule has 27 heavy (non-hydrogen) atoms. The molecule has 2 heterocycles. The van der Waals surface area contributed by atoms with Gasteiger partial charge in [-0.25, -0.2) is 4.79 Å². The summed E-state index contributed by atoms with van der Waals surface area (Å²) in [6.45, 7) is 1.91. The lowest BCUT2D eigenvalue weighted by Crippen LogP contribution is -2.65. The van der Waals surface area contributed by atoms with E-state index in [1.165, 1.54) is 0 Å². The van der Waals surface area contributed by atoms with E-state index in [4.69, 9.17) is 18.9 Å². The van der Waals surface area contributed by atoms with Crippen molar-refractivity contribution < 1.29 is 23.7 Å². The molecule has 2 aliphatic rings. The number of nitrogens with zero attached hydrogens (tertiary/aromatic N) is 1. The van der Waals surface area contributed by atoms with Crippen LogP contribution in [0.3, 0.4) is 0 Å². The van der Waals surface area contributed by atoms with Crippen molar-refractivity contribution in [2.24, 2.45) is 0 Å². The molecule has 1 N–H and O–H groups in total. The fourth-order valence-electron chi connectivity index (χ4n) is 3.91. The Hall–Kier alpha value is -3.09. The molecule has 2 aromatic carbocycles. The highest BCUT2D eigenvalue weighted by atomic mass is 16.5. The van der Waals surface area contributed by atoms with Gasteiger partial charge in [-0.1, -0.05) is 18.2 Å². The third-order valence-corrected chi connectivity index (χ3v) is 5.09. The highest BCUT2D eigenvalue weighted by molar-refractivity contribution is 5.95. The van der Waals surface area contributed by atoms with Gasteiger partial charge in [0.1, 0.15) is 5.75 Å². The van der Waals surface area contributed by atoms with E-state index in [-0.39, 0.29) is 12.1 Å². The van der Waals surface area contributed by atoms with Crippen molar-refractivity contribution >= 4 is 11.7 Å². The second-order valence-electron chi connectivity index (χ2n) is 6.74. The summed E-state index contributed by atoms with van der Waals surface area (Å²) in [5.74, 6) is 2.19. The predicted molar refractivity (Wildman–Crippen MR) is 99.9 cm³/mol. The number of fused-ring (bicyclic) bond motifs is 4. The average Bonchev–Trinajstić information content (AvgIpc) is 2.66. The van der Waals surface area contributed by atoms with Gasteiger partial charge < -0.3 is 24.3 Å². The maximum Gasteiger partial charge on any atom is 0.325 e. The van der Waals surface area contributed by atoms with E-state index in [0.717, 1.165) is 11.3 Å². The smallest absolute Gasteiger partial charge is 0.325 e. The maximum atomic E-state index is 13.0. The van der Waals surface area contributed by atoms with Crippen LogP contribution in [0.4, 0.5) is 10.5 Å². The lowest BCUT2D eigenvalue weighted by Gasteiger charge is -2.50. The zero-order chi connectivity index (χ0) is 19.2. The van der Waals surface area contributed by atoms with Gasteiger partial charge in [-0.15, -0.1) is 0 Å². The summed E-state index contributed by atoms with van der Waals surface area (Å²) in [6, 6.07) is 10.9. The molecule has 2 bridgehead atoms. The first-order chi connectivity index (χ1) is 13.0. The number of urea groups is 1. The molecular formula is C20H22N2O5. The molecular weight excluding hydrogens is 348 g/mol. The molecule has 7 heteroatoms. The molecule has 0 saturated carbocycles. The number of amides is 2. The van der Waals surface area contributed by atoms with Gasteiger partial charge in [0, 0.05) is 24.1 Å². The molecule has 142 valence electrons. The molecule has 7 nitrogen and oxygen atoms in total. The molecule has 2 aliphatic heterocycles. The van der Waals surface area contributed by atoms with Crippen LogP contribution < -0.4 is 29.2 Å². The number of hydrogen-bond donors (Lipinski definition) is 1. The zero-order valence-corrected chi connectivity index (χ0v) is 15.7. The topological polar surface area (TPSA) is 69.3 Å². The summed E-state index contributed by atoms with van der Waals surface area (Å²) in [6.07, 6.45) is 0.617. The Balaban J connectivity index is 1.82. The van der Waals surface area contributed by atoms with Gasteiger partial charge in [0.05, 0.1) is 33.1 Å². The molecule has 1 saturated heterocycles. The Kier molecular flexibility index (Phi) is 4.02. The first-order valence-corrected chi connectivity index (χ1v) is 8.69. The molecule has 0 radical (unpaired) electrons. The summed E-state index contributed by atoms with van der Waals surface area (Å²) < 4.78 is 22.5. The Morgan fingerprint density at radius 3 is 2.41 bits per heavy atom. The second kappa shape index (κ2) is 6.26. The van der Waals surface area contributed by atoms with Crippen LogP contribution in [0.25, 0.3) is 0 Å². The van der Waals surface area contributed by atoms with Crippen LogP contribution in [0, 0.1) is 0 Å². The normalized spacial score (nSPS) is 23.0. The lowest BCUT2D eigenvalue weighted by molar-refractivity contribution is 0.0378. The SMILES string of the molecule is COc1cc(N2C(=O)N[C@H]3C[C@@]2(C)Oc2ccccc23)cc(OC)c1OC. The number of hydrogen-bond acceptors (Lipinski definition) is 5. The minimum Gasteiger partial charge on any atom is -0.493 e. The number of methoxy groups -OCH3 is 3. The van der Waals surface area contributed by atoms with Gasteiger partial charge in [0.2, 0.25) is 5.75 Å². The van der Waals surface area contributed by atoms with Crippen molar-refractivity contribution in [2.45, 2.75) is 25.1 Å². The molecule has 1 fully saturated rings. The number of nitrogens with one attached hydrogen (secondary N) is 1. The maximum absolute atomic E-state index is 13.0. The van der Waals surface area contributed by atoms with E-state index in [2.05, 4.69) is 5.32 Å². The van der Waals surface area contributed by atoms with Crippen LogP contribution >= 0.6 is 0 Å². The summed E-state index contributed by atoms with van der Waals surface area (Å²) in [4.78, 5) is 14.6. The van der Waals surface area contributed by atoms with Crippen LogP contribution in [0.1, 0.15) is 24.9 Å². The van der Waals surface area contributed by atoms with Crippen LogP contribution in [0.2, 0.25) is 0 Å². The summed E-state index contributed by atoms with van der Waals surface area (Å²) in [5, 5.41) is 3.08. The molecule has 0 aromatic heterocycles. The van der Waals surface area contributed by atoms with Crippen LogP contribution in [0.15, 0.2) is 36.4 Å². The number of rotatable bonds is 4. The Bertz CT molecular complexity index is 875. The monoisotopic (exact) mass is 370 g/mol. The van der Waals surface area contributed by atoms with Crippen LogP contribution in [-0.4, -0.2) is 33.1 Å². The zero-order valence-electron chi connectivity index (χ0n) is 15.7. The van der Waals surface area contributed by atoms with E-state index in [1.54, 1.807) is 38.4 Å². The van der Waals surface area contributed by atoms with Gasteiger partial charge >= 0.3 is 6.03 Å². The minimum atomic E-state index is -0.841. The van der Waals surface area contributed by atoms with Crippen LogP contribution in [-0.2, 0) is 0 Å². The molecule has 4 rings (SSSR count).